The molecule has 1 aromatic carbocycles. The zero-order valence-electron chi connectivity index (χ0n) is 30.7. The normalized spacial score (nSPS) is 26.1. The molecule has 3 aliphatic carbocycles. The van der Waals surface area contributed by atoms with Gasteiger partial charge >= 0.3 is 16.4 Å². The van der Waals surface area contributed by atoms with Crippen LogP contribution in [0.1, 0.15) is 86.5 Å². The largest absolute Gasteiger partial charge is 0.497 e. The number of amides is 4. The molecule has 284 valence electrons. The summed E-state index contributed by atoms with van der Waals surface area (Å²) in [6.45, 7) is 10.6. The molecule has 3 unspecified atom stereocenters. The van der Waals surface area contributed by atoms with Gasteiger partial charge < -0.3 is 29.7 Å². The molecule has 0 spiro atoms. The number of hydrogen-bond donors (Lipinski definition) is 3. The molecule has 5 atom stereocenters. The Bertz CT molecular complexity index is 1870. The van der Waals surface area contributed by atoms with E-state index in [1.54, 1.807) is 47.1 Å². The number of rotatable bonds is 13. The van der Waals surface area contributed by atoms with Crippen LogP contribution in [-0.2, 0) is 33.6 Å². The molecule has 4 aliphatic rings. The van der Waals surface area contributed by atoms with Gasteiger partial charge in [0.25, 0.3) is 5.91 Å². The summed E-state index contributed by atoms with van der Waals surface area (Å²) in [5.41, 5.74) is -3.76. The average Bonchev–Trinajstić information content (AvgIpc) is 4.02. The fourth-order valence-corrected chi connectivity index (χ4v) is 7.86. The lowest BCUT2D eigenvalue weighted by atomic mass is 9.85. The smallest absolute Gasteiger partial charge is 0.408 e. The SMILES string of the molecule is CCC1C[C@]1(NC(=O)C1C[C@@H](Oc2nccc3cc(OC)ccc23)CN1C(=O)C(NC(=O)OC1(C)CC1)C(C)(C)C)C(=O)NS(=O)(=O)OC1(C)CC1. The van der Waals surface area contributed by atoms with E-state index in [-0.39, 0.29) is 25.3 Å². The first-order valence-electron chi connectivity index (χ1n) is 17.8. The number of pyridine rings is 1. The Labute approximate surface area is 304 Å². The number of aromatic nitrogens is 1. The lowest BCUT2D eigenvalue weighted by Gasteiger charge is -2.35. The van der Waals surface area contributed by atoms with Gasteiger partial charge in [-0.15, -0.1) is 0 Å². The average molecular weight is 744 g/mol. The predicted molar refractivity (Wildman–Crippen MR) is 188 cm³/mol. The summed E-state index contributed by atoms with van der Waals surface area (Å²) in [6.07, 6.45) is 3.38. The topological polar surface area (TPSA) is 192 Å². The lowest BCUT2D eigenvalue weighted by molar-refractivity contribution is -0.143. The summed E-state index contributed by atoms with van der Waals surface area (Å²) in [4.78, 5) is 61.1. The van der Waals surface area contributed by atoms with E-state index in [4.69, 9.17) is 18.4 Å². The first-order chi connectivity index (χ1) is 24.3. The van der Waals surface area contributed by atoms with E-state index >= 15 is 0 Å². The number of benzene rings is 1. The van der Waals surface area contributed by atoms with Gasteiger partial charge in [-0.2, -0.15) is 8.42 Å². The second-order valence-electron chi connectivity index (χ2n) is 16.2. The van der Waals surface area contributed by atoms with E-state index in [0.717, 1.165) is 18.2 Å². The third kappa shape index (κ3) is 8.07. The Morgan fingerprint density at radius 1 is 1.06 bits per heavy atom. The fraction of sp³-hybridized carbons (Fsp3) is 0.639. The molecule has 1 saturated heterocycles. The van der Waals surface area contributed by atoms with Gasteiger partial charge in [0, 0.05) is 18.0 Å². The van der Waals surface area contributed by atoms with Crippen molar-refractivity contribution in [1.29, 1.82) is 0 Å². The monoisotopic (exact) mass is 743 g/mol. The molecule has 2 aromatic rings. The van der Waals surface area contributed by atoms with Crippen molar-refractivity contribution in [2.75, 3.05) is 13.7 Å². The molecular weight excluding hydrogens is 694 g/mol. The molecule has 1 aliphatic heterocycles. The molecule has 52 heavy (non-hydrogen) atoms. The van der Waals surface area contributed by atoms with Crippen LogP contribution in [0, 0.1) is 11.3 Å². The molecule has 3 N–H and O–H groups in total. The number of alkyl carbamates (subject to hydrolysis) is 1. The molecule has 6 rings (SSSR count). The van der Waals surface area contributed by atoms with Crippen molar-refractivity contribution < 1.29 is 46.0 Å². The molecule has 2 heterocycles. The van der Waals surface area contributed by atoms with E-state index in [1.807, 2.05) is 36.8 Å². The molecule has 4 amide bonds. The second kappa shape index (κ2) is 13.3. The van der Waals surface area contributed by atoms with E-state index in [0.29, 0.717) is 36.3 Å². The number of ether oxygens (including phenoxy) is 3. The van der Waals surface area contributed by atoms with Gasteiger partial charge in [0.05, 0.1) is 19.3 Å². The minimum absolute atomic E-state index is 0.0272. The van der Waals surface area contributed by atoms with E-state index in [1.165, 1.54) is 4.90 Å². The maximum atomic E-state index is 14.5. The van der Waals surface area contributed by atoms with Gasteiger partial charge in [-0.1, -0.05) is 34.1 Å². The summed E-state index contributed by atoms with van der Waals surface area (Å²) in [5, 5.41) is 7.07. The quantitative estimate of drug-likeness (QED) is 0.272. The number of likely N-dealkylation sites (tertiary alicyclic amines) is 1. The minimum atomic E-state index is -4.45. The predicted octanol–water partition coefficient (Wildman–Crippen LogP) is 3.50. The van der Waals surface area contributed by atoms with Crippen molar-refractivity contribution in [3.05, 3.63) is 30.5 Å². The van der Waals surface area contributed by atoms with Crippen LogP contribution in [0.25, 0.3) is 10.8 Å². The highest BCUT2D eigenvalue weighted by Gasteiger charge is 2.62. The van der Waals surface area contributed by atoms with Crippen molar-refractivity contribution in [2.24, 2.45) is 11.3 Å². The van der Waals surface area contributed by atoms with Gasteiger partial charge in [-0.05, 0) is 86.9 Å². The number of nitrogens with one attached hydrogen (secondary N) is 3. The molecule has 4 fully saturated rings. The number of nitrogens with zero attached hydrogens (tertiary/aromatic N) is 2. The van der Waals surface area contributed by atoms with E-state index < -0.39 is 74.5 Å². The molecule has 16 heteroatoms. The van der Waals surface area contributed by atoms with Crippen LogP contribution < -0.4 is 24.8 Å². The molecule has 3 saturated carbocycles. The van der Waals surface area contributed by atoms with Crippen molar-refractivity contribution in [2.45, 2.75) is 121 Å². The first kappa shape index (κ1) is 37.6. The summed E-state index contributed by atoms with van der Waals surface area (Å²) in [6, 6.07) is 5.01. The Balaban J connectivity index is 1.26. The van der Waals surface area contributed by atoms with Crippen LogP contribution in [0.5, 0.6) is 11.6 Å². The zero-order valence-corrected chi connectivity index (χ0v) is 31.6. The van der Waals surface area contributed by atoms with E-state index in [9.17, 15) is 27.6 Å². The van der Waals surface area contributed by atoms with Crippen LogP contribution in [0.15, 0.2) is 30.5 Å². The highest BCUT2D eigenvalue weighted by molar-refractivity contribution is 7.85. The number of methoxy groups -OCH3 is 1. The third-order valence-electron chi connectivity index (χ3n) is 10.6. The van der Waals surface area contributed by atoms with Crippen LogP contribution in [0.2, 0.25) is 0 Å². The van der Waals surface area contributed by atoms with Crippen LogP contribution in [0.4, 0.5) is 4.79 Å². The van der Waals surface area contributed by atoms with Gasteiger partial charge in [0.2, 0.25) is 17.7 Å². The first-order valence-corrected chi connectivity index (χ1v) is 19.2. The maximum absolute atomic E-state index is 14.5. The van der Waals surface area contributed by atoms with Gasteiger partial charge in [-0.3, -0.25) is 14.4 Å². The Hall–Kier alpha value is -4.18. The number of fused-ring (bicyclic) bond motifs is 1. The lowest BCUT2D eigenvalue weighted by Crippen LogP contribution is -2.60. The van der Waals surface area contributed by atoms with Gasteiger partial charge in [-0.25, -0.2) is 18.7 Å². The molecule has 1 aromatic heterocycles. The van der Waals surface area contributed by atoms with Crippen LogP contribution >= 0.6 is 0 Å². The number of carbonyl (C=O) groups is 4. The van der Waals surface area contributed by atoms with Crippen molar-refractivity contribution in [3.63, 3.8) is 0 Å². The molecule has 0 radical (unpaired) electrons. The highest BCUT2D eigenvalue weighted by Crippen LogP contribution is 2.47. The number of carbonyl (C=O) groups excluding carboxylic acids is 4. The van der Waals surface area contributed by atoms with Gasteiger partial charge in [0.15, 0.2) is 0 Å². The summed E-state index contributed by atoms with van der Waals surface area (Å²) in [7, 11) is -2.88. The molecular formula is C36H49N5O10S. The maximum Gasteiger partial charge on any atom is 0.408 e. The van der Waals surface area contributed by atoms with Crippen LogP contribution in [0.3, 0.4) is 0 Å². The zero-order chi connectivity index (χ0) is 37.9. The van der Waals surface area contributed by atoms with Gasteiger partial charge in [0.1, 0.15) is 35.1 Å². The molecule has 0 bridgehead atoms. The fourth-order valence-electron chi connectivity index (χ4n) is 6.71. The summed E-state index contributed by atoms with van der Waals surface area (Å²) in [5.74, 6) is -1.50. The Kier molecular flexibility index (Phi) is 9.64. The highest BCUT2D eigenvalue weighted by atomic mass is 32.2. The van der Waals surface area contributed by atoms with Crippen molar-refractivity contribution in [3.8, 4) is 11.6 Å². The standard InChI is InChI=1S/C36H49N5O10S/c1-8-22-19-36(22,31(44)40-52(46,47)51-35(6)14-15-35)39-28(42)26-18-24(49-29-25-10-9-23(48-7)17-21(25)11-16-37-29)20-41(26)30(43)27(33(2,3)4)38-32(45)50-34(5)12-13-34/h9-11,16-17,22,24,26-27H,8,12-15,18-20H2,1-7H3,(H,38,45)(H,39,42)(H,40,44)/t22?,24-,26?,27?,36-/m1/s1. The third-order valence-corrected chi connectivity index (χ3v) is 11.6. The minimum Gasteiger partial charge on any atom is -0.497 e. The summed E-state index contributed by atoms with van der Waals surface area (Å²) >= 11 is 0. The second-order valence-corrected chi connectivity index (χ2v) is 17.4. The van der Waals surface area contributed by atoms with E-state index in [2.05, 4.69) is 15.6 Å². The summed E-state index contributed by atoms with van der Waals surface area (Å²) < 4.78 is 50.0. The van der Waals surface area contributed by atoms with Crippen LogP contribution in [-0.4, -0.2) is 90.7 Å². The number of hydrogen-bond acceptors (Lipinski definition) is 11. The van der Waals surface area contributed by atoms with Crippen molar-refractivity contribution in [1.82, 2.24) is 25.2 Å². The molecule has 15 nitrogen and oxygen atoms in total. The Morgan fingerprint density at radius 2 is 1.75 bits per heavy atom. The van der Waals surface area contributed by atoms with Crippen molar-refractivity contribution >= 4 is 44.9 Å². The Morgan fingerprint density at radius 3 is 2.35 bits per heavy atom.